The molecule has 1 aromatic rings. The molecule has 0 N–H and O–H groups in total. The summed E-state index contributed by atoms with van der Waals surface area (Å²) in [5.41, 5.74) is 2.01. The topological polar surface area (TPSA) is 20.3 Å². The summed E-state index contributed by atoms with van der Waals surface area (Å²) in [6.07, 6.45) is 2.25. The molecule has 17 heavy (non-hydrogen) atoms. The molecule has 0 radical (unpaired) electrons. The van der Waals surface area contributed by atoms with Gasteiger partial charge in [-0.05, 0) is 54.0 Å². The standard InChI is InChI=1S/C13H15BrINO/c1-9-4-2-6-11(12(9)15)13(17)16-7-3-5-10(14)8-16/h2,4,6,10H,3,5,7-8H2,1H3. The predicted molar refractivity (Wildman–Crippen MR) is 81.7 cm³/mol. The van der Waals surface area contributed by atoms with E-state index < -0.39 is 0 Å². The van der Waals surface area contributed by atoms with Gasteiger partial charge in [0.25, 0.3) is 5.91 Å². The molecule has 1 heterocycles. The van der Waals surface area contributed by atoms with Gasteiger partial charge in [0.2, 0.25) is 0 Å². The lowest BCUT2D eigenvalue weighted by Crippen LogP contribution is -2.40. The molecule has 1 atom stereocenters. The number of aryl methyl sites for hydroxylation is 1. The number of amides is 1. The number of rotatable bonds is 1. The van der Waals surface area contributed by atoms with Crippen molar-refractivity contribution < 1.29 is 4.79 Å². The van der Waals surface area contributed by atoms with E-state index in [1.54, 1.807) is 0 Å². The summed E-state index contributed by atoms with van der Waals surface area (Å²) in [4.78, 5) is 14.8. The van der Waals surface area contributed by atoms with Gasteiger partial charge < -0.3 is 4.90 Å². The highest BCUT2D eigenvalue weighted by molar-refractivity contribution is 14.1. The third kappa shape index (κ3) is 3.02. The van der Waals surface area contributed by atoms with E-state index in [9.17, 15) is 4.79 Å². The van der Waals surface area contributed by atoms with Gasteiger partial charge in [0.15, 0.2) is 0 Å². The number of alkyl halides is 1. The van der Waals surface area contributed by atoms with Crippen molar-refractivity contribution in [2.45, 2.75) is 24.6 Å². The summed E-state index contributed by atoms with van der Waals surface area (Å²) in [6, 6.07) is 5.93. The first kappa shape index (κ1) is 13.3. The van der Waals surface area contributed by atoms with Crippen LogP contribution in [0.3, 0.4) is 0 Å². The highest BCUT2D eigenvalue weighted by Crippen LogP contribution is 2.22. The Morgan fingerprint density at radius 3 is 3.00 bits per heavy atom. The molecular formula is C13H15BrINO. The SMILES string of the molecule is Cc1cccc(C(=O)N2CCCC(Br)C2)c1I. The molecular weight excluding hydrogens is 393 g/mol. The number of carbonyl (C=O) groups is 1. The minimum Gasteiger partial charge on any atom is -0.337 e. The Hall–Kier alpha value is -0.100. The molecule has 1 aliphatic rings. The van der Waals surface area contributed by atoms with E-state index in [0.717, 1.165) is 35.1 Å². The van der Waals surface area contributed by atoms with Crippen LogP contribution in [0.5, 0.6) is 0 Å². The van der Waals surface area contributed by atoms with Gasteiger partial charge in [-0.25, -0.2) is 0 Å². The molecule has 0 aromatic heterocycles. The maximum absolute atomic E-state index is 12.4. The number of halogens is 2. The van der Waals surface area contributed by atoms with Crippen LogP contribution in [0.15, 0.2) is 18.2 Å². The zero-order valence-corrected chi connectivity index (χ0v) is 13.5. The average molecular weight is 408 g/mol. The molecule has 0 saturated carbocycles. The lowest BCUT2D eigenvalue weighted by Gasteiger charge is -2.30. The second kappa shape index (κ2) is 5.69. The van der Waals surface area contributed by atoms with Gasteiger partial charge in [-0.2, -0.15) is 0 Å². The summed E-state index contributed by atoms with van der Waals surface area (Å²) >= 11 is 5.87. The van der Waals surface area contributed by atoms with Crippen LogP contribution >= 0.6 is 38.5 Å². The van der Waals surface area contributed by atoms with Crippen molar-refractivity contribution >= 4 is 44.4 Å². The molecule has 92 valence electrons. The number of likely N-dealkylation sites (tertiary alicyclic amines) is 1. The third-order valence-electron chi connectivity index (χ3n) is 3.07. The summed E-state index contributed by atoms with van der Waals surface area (Å²) in [6.45, 7) is 3.75. The second-order valence-corrected chi connectivity index (χ2v) is 6.80. The molecule has 1 fully saturated rings. The highest BCUT2D eigenvalue weighted by atomic mass is 127. The summed E-state index contributed by atoms with van der Waals surface area (Å²) in [5, 5.41) is 0. The van der Waals surface area contributed by atoms with Crippen LogP contribution in [0.25, 0.3) is 0 Å². The van der Waals surface area contributed by atoms with Crippen molar-refractivity contribution in [1.29, 1.82) is 0 Å². The number of hydrogen-bond acceptors (Lipinski definition) is 1. The molecule has 1 amide bonds. The first-order valence-electron chi connectivity index (χ1n) is 5.78. The van der Waals surface area contributed by atoms with Crippen molar-refractivity contribution in [2.24, 2.45) is 0 Å². The van der Waals surface area contributed by atoms with Crippen LogP contribution in [-0.2, 0) is 0 Å². The fraction of sp³-hybridized carbons (Fsp3) is 0.462. The van der Waals surface area contributed by atoms with Gasteiger partial charge in [0.1, 0.15) is 0 Å². The van der Waals surface area contributed by atoms with Crippen molar-refractivity contribution in [3.8, 4) is 0 Å². The van der Waals surface area contributed by atoms with E-state index in [0.29, 0.717) is 4.83 Å². The van der Waals surface area contributed by atoms with Gasteiger partial charge in [0, 0.05) is 21.5 Å². The van der Waals surface area contributed by atoms with Crippen LogP contribution < -0.4 is 0 Å². The van der Waals surface area contributed by atoms with Crippen LogP contribution in [0.2, 0.25) is 0 Å². The monoisotopic (exact) mass is 407 g/mol. The van der Waals surface area contributed by atoms with Crippen LogP contribution in [0, 0.1) is 10.5 Å². The largest absolute Gasteiger partial charge is 0.337 e. The van der Waals surface area contributed by atoms with Gasteiger partial charge in [-0.3, -0.25) is 4.79 Å². The van der Waals surface area contributed by atoms with E-state index in [2.05, 4.69) is 38.5 Å². The van der Waals surface area contributed by atoms with Gasteiger partial charge >= 0.3 is 0 Å². The Kier molecular flexibility index (Phi) is 4.47. The van der Waals surface area contributed by atoms with Crippen molar-refractivity contribution in [2.75, 3.05) is 13.1 Å². The Morgan fingerprint density at radius 1 is 1.53 bits per heavy atom. The van der Waals surface area contributed by atoms with Crippen LogP contribution in [-0.4, -0.2) is 28.7 Å². The van der Waals surface area contributed by atoms with E-state index in [4.69, 9.17) is 0 Å². The summed E-state index contributed by atoms with van der Waals surface area (Å²) in [7, 11) is 0. The van der Waals surface area contributed by atoms with Gasteiger partial charge in [-0.15, -0.1) is 0 Å². The Bertz CT molecular complexity index is 435. The lowest BCUT2D eigenvalue weighted by atomic mass is 10.1. The molecule has 1 aliphatic heterocycles. The summed E-state index contributed by atoms with van der Waals surface area (Å²) < 4.78 is 1.08. The molecule has 0 aliphatic carbocycles. The highest BCUT2D eigenvalue weighted by Gasteiger charge is 2.24. The van der Waals surface area contributed by atoms with E-state index >= 15 is 0 Å². The Balaban J connectivity index is 2.22. The van der Waals surface area contributed by atoms with Crippen molar-refractivity contribution in [3.63, 3.8) is 0 Å². The minimum atomic E-state index is 0.169. The number of nitrogens with zero attached hydrogens (tertiary/aromatic N) is 1. The maximum atomic E-state index is 12.4. The van der Waals surface area contributed by atoms with Gasteiger partial charge in [-0.1, -0.05) is 28.1 Å². The number of carbonyl (C=O) groups excluding carboxylic acids is 1. The molecule has 1 unspecified atom stereocenters. The van der Waals surface area contributed by atoms with Crippen LogP contribution in [0.4, 0.5) is 0 Å². The number of hydrogen-bond donors (Lipinski definition) is 0. The minimum absolute atomic E-state index is 0.169. The lowest BCUT2D eigenvalue weighted by molar-refractivity contribution is 0.0729. The zero-order valence-electron chi connectivity index (χ0n) is 9.75. The Labute approximate surface area is 124 Å². The Morgan fingerprint density at radius 2 is 2.29 bits per heavy atom. The predicted octanol–water partition coefficient (Wildman–Crippen LogP) is 3.60. The van der Waals surface area contributed by atoms with Gasteiger partial charge in [0.05, 0.1) is 5.56 Å². The molecule has 4 heteroatoms. The first-order chi connectivity index (χ1) is 8.09. The number of benzene rings is 1. The normalized spacial score (nSPS) is 20.4. The maximum Gasteiger partial charge on any atom is 0.254 e. The first-order valence-corrected chi connectivity index (χ1v) is 7.77. The van der Waals surface area contributed by atoms with E-state index in [-0.39, 0.29) is 5.91 Å². The van der Waals surface area contributed by atoms with E-state index in [1.165, 1.54) is 5.56 Å². The van der Waals surface area contributed by atoms with Crippen LogP contribution in [0.1, 0.15) is 28.8 Å². The summed E-state index contributed by atoms with van der Waals surface area (Å²) in [5.74, 6) is 0.169. The molecule has 2 nitrogen and oxygen atoms in total. The second-order valence-electron chi connectivity index (χ2n) is 4.43. The van der Waals surface area contributed by atoms with Crippen molar-refractivity contribution in [1.82, 2.24) is 4.90 Å². The molecule has 2 rings (SSSR count). The average Bonchev–Trinajstić information content (AvgIpc) is 2.32. The molecule has 0 spiro atoms. The molecule has 1 aromatic carbocycles. The van der Waals surface area contributed by atoms with E-state index in [1.807, 2.05) is 30.0 Å². The van der Waals surface area contributed by atoms with Crippen molar-refractivity contribution in [3.05, 3.63) is 32.9 Å². The fourth-order valence-electron chi connectivity index (χ4n) is 2.09. The fourth-order valence-corrected chi connectivity index (χ4v) is 3.36. The molecule has 0 bridgehead atoms. The third-order valence-corrected chi connectivity index (χ3v) is 5.25. The number of piperidine rings is 1. The zero-order chi connectivity index (χ0) is 12.4. The quantitative estimate of drug-likeness (QED) is 0.514. The smallest absolute Gasteiger partial charge is 0.254 e. The molecule has 1 saturated heterocycles.